The second kappa shape index (κ2) is 6.29. The number of rotatable bonds is 6. The molecule has 2 rings (SSSR count). The Morgan fingerprint density at radius 1 is 1.35 bits per heavy atom. The van der Waals surface area contributed by atoms with E-state index in [0.717, 1.165) is 5.69 Å². The average Bonchev–Trinajstić information content (AvgIpc) is 2.88. The SMILES string of the molecule is CCn1ncnc1Cn1ncc(N(C)CCN)cc1=O. The van der Waals surface area contributed by atoms with Crippen LogP contribution < -0.4 is 16.2 Å². The summed E-state index contributed by atoms with van der Waals surface area (Å²) in [5, 5.41) is 8.24. The molecule has 2 heterocycles. The third-order valence-electron chi connectivity index (χ3n) is 3.05. The van der Waals surface area contributed by atoms with Crippen LogP contribution in [0.3, 0.4) is 0 Å². The fraction of sp³-hybridized carbons (Fsp3) is 0.500. The van der Waals surface area contributed by atoms with Gasteiger partial charge in [0, 0.05) is 32.7 Å². The van der Waals surface area contributed by atoms with Crippen LogP contribution in [-0.4, -0.2) is 44.7 Å². The van der Waals surface area contributed by atoms with E-state index in [4.69, 9.17) is 5.73 Å². The minimum absolute atomic E-state index is 0.169. The van der Waals surface area contributed by atoms with Crippen LogP contribution in [-0.2, 0) is 13.1 Å². The van der Waals surface area contributed by atoms with Crippen LogP contribution in [0.5, 0.6) is 0 Å². The first-order valence-electron chi connectivity index (χ1n) is 6.50. The molecule has 2 N–H and O–H groups in total. The quantitative estimate of drug-likeness (QED) is 0.750. The van der Waals surface area contributed by atoms with Crippen molar-refractivity contribution < 1.29 is 0 Å². The zero-order valence-corrected chi connectivity index (χ0v) is 11.7. The van der Waals surface area contributed by atoms with E-state index in [9.17, 15) is 4.79 Å². The zero-order chi connectivity index (χ0) is 14.5. The maximum atomic E-state index is 12.1. The second-order valence-corrected chi connectivity index (χ2v) is 4.41. The van der Waals surface area contributed by atoms with Gasteiger partial charge < -0.3 is 10.6 Å². The number of likely N-dealkylation sites (N-methyl/N-ethyl adjacent to an activating group) is 1. The van der Waals surface area contributed by atoms with Crippen molar-refractivity contribution in [2.75, 3.05) is 25.0 Å². The number of hydrogen-bond donors (Lipinski definition) is 1. The maximum Gasteiger partial charge on any atom is 0.269 e. The molecule has 0 aromatic carbocycles. The Bertz CT molecular complexity index is 618. The summed E-state index contributed by atoms with van der Waals surface area (Å²) in [5.41, 5.74) is 6.08. The largest absolute Gasteiger partial charge is 0.372 e. The molecule has 0 aliphatic heterocycles. The Balaban J connectivity index is 2.20. The van der Waals surface area contributed by atoms with Gasteiger partial charge in [-0.25, -0.2) is 14.3 Å². The lowest BCUT2D eigenvalue weighted by Crippen LogP contribution is -2.29. The number of hydrogen-bond acceptors (Lipinski definition) is 6. The van der Waals surface area contributed by atoms with Gasteiger partial charge in [-0.15, -0.1) is 0 Å². The molecule has 0 aliphatic carbocycles. The molecule has 2 aromatic heterocycles. The lowest BCUT2D eigenvalue weighted by molar-refractivity contribution is 0.550. The number of nitrogens with two attached hydrogens (primary N) is 1. The molecule has 8 nitrogen and oxygen atoms in total. The van der Waals surface area contributed by atoms with E-state index in [1.807, 2.05) is 18.9 Å². The molecule has 0 bridgehead atoms. The van der Waals surface area contributed by atoms with E-state index in [-0.39, 0.29) is 5.56 Å². The fourth-order valence-electron chi connectivity index (χ4n) is 1.88. The summed E-state index contributed by atoms with van der Waals surface area (Å²) < 4.78 is 3.11. The predicted molar refractivity (Wildman–Crippen MR) is 75.6 cm³/mol. The minimum Gasteiger partial charge on any atom is -0.372 e. The zero-order valence-electron chi connectivity index (χ0n) is 11.7. The van der Waals surface area contributed by atoms with Gasteiger partial charge >= 0.3 is 0 Å². The van der Waals surface area contributed by atoms with Crippen LogP contribution in [0.1, 0.15) is 12.7 Å². The molecule has 2 aromatic rings. The molecular weight excluding hydrogens is 258 g/mol. The Morgan fingerprint density at radius 2 is 2.15 bits per heavy atom. The van der Waals surface area contributed by atoms with Crippen molar-refractivity contribution in [1.82, 2.24) is 24.5 Å². The van der Waals surface area contributed by atoms with E-state index in [0.29, 0.717) is 32.0 Å². The average molecular weight is 277 g/mol. The monoisotopic (exact) mass is 277 g/mol. The van der Waals surface area contributed by atoms with E-state index >= 15 is 0 Å². The Hall–Kier alpha value is -2.22. The van der Waals surface area contributed by atoms with Crippen molar-refractivity contribution in [1.29, 1.82) is 0 Å². The molecule has 0 radical (unpaired) electrons. The standard InChI is InChI=1S/C12H19N7O/c1-3-18-11(14-9-16-18)8-19-12(20)6-10(7-15-19)17(2)5-4-13/h6-7,9H,3-5,8,13H2,1-2H3. The van der Waals surface area contributed by atoms with Gasteiger partial charge in [0.25, 0.3) is 5.56 Å². The first-order chi connectivity index (χ1) is 9.65. The van der Waals surface area contributed by atoms with Gasteiger partial charge in [-0.3, -0.25) is 4.79 Å². The second-order valence-electron chi connectivity index (χ2n) is 4.41. The Kier molecular flexibility index (Phi) is 4.46. The Morgan fingerprint density at radius 3 is 2.80 bits per heavy atom. The van der Waals surface area contributed by atoms with Crippen LogP contribution in [0.4, 0.5) is 5.69 Å². The molecule has 0 amide bonds. The number of anilines is 1. The van der Waals surface area contributed by atoms with Crippen molar-refractivity contribution in [3.8, 4) is 0 Å². The molecule has 0 saturated carbocycles. The van der Waals surface area contributed by atoms with Crippen molar-refractivity contribution >= 4 is 5.69 Å². The molecule has 0 saturated heterocycles. The smallest absolute Gasteiger partial charge is 0.269 e. The van der Waals surface area contributed by atoms with Crippen molar-refractivity contribution in [3.63, 3.8) is 0 Å². The van der Waals surface area contributed by atoms with Gasteiger partial charge in [0.15, 0.2) is 0 Å². The molecule has 108 valence electrons. The molecule has 0 unspecified atom stereocenters. The summed E-state index contributed by atoms with van der Waals surface area (Å²) in [6.45, 7) is 4.20. The fourth-order valence-corrected chi connectivity index (χ4v) is 1.88. The molecule has 8 heteroatoms. The van der Waals surface area contributed by atoms with E-state index in [2.05, 4.69) is 15.2 Å². The van der Waals surface area contributed by atoms with Crippen molar-refractivity contribution in [3.05, 3.63) is 34.8 Å². The molecular formula is C12H19N7O. The molecule has 0 spiro atoms. The number of aromatic nitrogens is 5. The molecule has 20 heavy (non-hydrogen) atoms. The molecule has 0 atom stereocenters. The third-order valence-corrected chi connectivity index (χ3v) is 3.05. The van der Waals surface area contributed by atoms with Crippen LogP contribution in [0, 0.1) is 0 Å². The first-order valence-corrected chi connectivity index (χ1v) is 6.50. The third kappa shape index (κ3) is 3.02. The number of nitrogens with zero attached hydrogens (tertiary/aromatic N) is 6. The summed E-state index contributed by atoms with van der Waals surface area (Å²) in [6.07, 6.45) is 3.14. The van der Waals surface area contributed by atoms with Gasteiger partial charge in [0.2, 0.25) is 0 Å². The lowest BCUT2D eigenvalue weighted by atomic mass is 10.4. The summed E-state index contributed by atoms with van der Waals surface area (Å²) in [5.74, 6) is 0.713. The molecule has 0 aliphatic rings. The van der Waals surface area contributed by atoms with Crippen molar-refractivity contribution in [2.45, 2.75) is 20.0 Å². The highest BCUT2D eigenvalue weighted by molar-refractivity contribution is 5.41. The highest BCUT2D eigenvalue weighted by Gasteiger charge is 2.08. The highest BCUT2D eigenvalue weighted by Crippen LogP contribution is 2.06. The van der Waals surface area contributed by atoms with Gasteiger partial charge in [-0.05, 0) is 6.92 Å². The van der Waals surface area contributed by atoms with Gasteiger partial charge in [0.1, 0.15) is 18.7 Å². The van der Waals surface area contributed by atoms with Crippen LogP contribution >= 0.6 is 0 Å². The Labute approximate surface area is 116 Å². The van der Waals surface area contributed by atoms with E-state index < -0.39 is 0 Å². The summed E-state index contributed by atoms with van der Waals surface area (Å²) >= 11 is 0. The summed E-state index contributed by atoms with van der Waals surface area (Å²) in [7, 11) is 1.88. The predicted octanol–water partition coefficient (Wildman–Crippen LogP) is -0.702. The normalized spacial score (nSPS) is 10.8. The van der Waals surface area contributed by atoms with Crippen LogP contribution in [0.15, 0.2) is 23.4 Å². The van der Waals surface area contributed by atoms with Crippen molar-refractivity contribution in [2.24, 2.45) is 5.73 Å². The maximum absolute atomic E-state index is 12.1. The summed E-state index contributed by atoms with van der Waals surface area (Å²) in [4.78, 5) is 18.1. The topological polar surface area (TPSA) is 94.9 Å². The highest BCUT2D eigenvalue weighted by atomic mass is 16.1. The van der Waals surface area contributed by atoms with Gasteiger partial charge in [-0.2, -0.15) is 10.2 Å². The minimum atomic E-state index is -0.169. The number of aryl methyl sites for hydroxylation is 1. The first kappa shape index (κ1) is 14.2. The van der Waals surface area contributed by atoms with Gasteiger partial charge in [-0.1, -0.05) is 0 Å². The summed E-state index contributed by atoms with van der Waals surface area (Å²) in [6, 6.07) is 1.55. The van der Waals surface area contributed by atoms with Gasteiger partial charge in [0.05, 0.1) is 11.9 Å². The van der Waals surface area contributed by atoms with Crippen LogP contribution in [0.2, 0.25) is 0 Å². The molecule has 0 fully saturated rings. The lowest BCUT2D eigenvalue weighted by Gasteiger charge is -2.17. The van der Waals surface area contributed by atoms with Crippen LogP contribution in [0.25, 0.3) is 0 Å². The van der Waals surface area contributed by atoms with E-state index in [1.165, 1.54) is 11.0 Å². The van der Waals surface area contributed by atoms with E-state index in [1.54, 1.807) is 16.9 Å².